The minimum absolute atomic E-state index is 0.0153. The molecule has 6 atom stereocenters. The van der Waals surface area contributed by atoms with Crippen molar-refractivity contribution in [2.75, 3.05) is 0 Å². The molecular formula is C21H30O3. The first-order valence-corrected chi connectivity index (χ1v) is 9.41. The van der Waals surface area contributed by atoms with Crippen molar-refractivity contribution in [1.29, 1.82) is 0 Å². The normalized spacial score (nSPS) is 47.3. The molecule has 0 bridgehead atoms. The Morgan fingerprint density at radius 3 is 2.83 bits per heavy atom. The van der Waals surface area contributed by atoms with Crippen LogP contribution in [0.3, 0.4) is 0 Å². The number of aryl methyl sites for hydroxylation is 1. The highest BCUT2D eigenvalue weighted by atomic mass is 16.5. The van der Waals surface area contributed by atoms with Crippen LogP contribution in [0.5, 0.6) is 0 Å². The topological polar surface area (TPSA) is 42.6 Å². The molecule has 2 saturated carbocycles. The molecule has 2 unspecified atom stereocenters. The van der Waals surface area contributed by atoms with E-state index >= 15 is 0 Å². The maximum Gasteiger partial charge on any atom is 0.103 e. The molecule has 0 amide bonds. The van der Waals surface area contributed by atoms with Crippen LogP contribution in [0.2, 0.25) is 0 Å². The fourth-order valence-electron chi connectivity index (χ4n) is 6.43. The van der Waals surface area contributed by atoms with Gasteiger partial charge < -0.3 is 14.3 Å². The van der Waals surface area contributed by atoms with Crippen LogP contribution in [0, 0.1) is 22.7 Å². The lowest BCUT2D eigenvalue weighted by Crippen LogP contribution is -2.64. The number of aliphatic hydroxyl groups is 1. The fourth-order valence-corrected chi connectivity index (χ4v) is 6.43. The van der Waals surface area contributed by atoms with Crippen molar-refractivity contribution in [3.63, 3.8) is 0 Å². The highest BCUT2D eigenvalue weighted by molar-refractivity contribution is 5.24. The Morgan fingerprint density at radius 1 is 1.33 bits per heavy atom. The number of allylic oxidation sites excluding steroid dienone is 1. The third-order valence-electron chi connectivity index (χ3n) is 7.83. The molecule has 0 radical (unpaired) electrons. The molecule has 1 aromatic heterocycles. The van der Waals surface area contributed by atoms with Crippen LogP contribution in [0.1, 0.15) is 58.4 Å². The van der Waals surface area contributed by atoms with Crippen LogP contribution in [0.15, 0.2) is 35.3 Å². The summed E-state index contributed by atoms with van der Waals surface area (Å²) in [5.74, 6) is 1.55. The minimum Gasteiger partial charge on any atom is -0.494 e. The summed E-state index contributed by atoms with van der Waals surface area (Å²) in [5, 5.41) is 11.9. The van der Waals surface area contributed by atoms with Gasteiger partial charge >= 0.3 is 0 Å². The molecule has 132 valence electrons. The summed E-state index contributed by atoms with van der Waals surface area (Å²) in [6.45, 7) is 11.1. The number of furan rings is 1. The smallest absolute Gasteiger partial charge is 0.103 e. The summed E-state index contributed by atoms with van der Waals surface area (Å²) in [6, 6.07) is 2.01. The molecule has 24 heavy (non-hydrogen) atoms. The molecule has 1 saturated heterocycles. The standard InChI is InChI=1S/C21H30O3/c1-14-12-17-18-19(3,15(2)24-17)8-5-9-20(18,4)21(14,22)10-6-16-7-11-23-13-16/h7,11,13-14,17-18,22H,2,5-6,8-10,12H2,1,3-4H3/t14-,17?,18?,19-,20-,21-/m1/s1. The molecule has 2 aliphatic carbocycles. The number of hydrogen-bond donors (Lipinski definition) is 1. The quantitative estimate of drug-likeness (QED) is 0.873. The van der Waals surface area contributed by atoms with Crippen molar-refractivity contribution < 1.29 is 14.3 Å². The van der Waals surface area contributed by atoms with Crippen molar-refractivity contribution >= 4 is 0 Å². The molecule has 1 aliphatic heterocycles. The zero-order chi connectivity index (χ0) is 17.2. The Kier molecular flexibility index (Phi) is 3.48. The van der Waals surface area contributed by atoms with Gasteiger partial charge in [0.15, 0.2) is 0 Å². The van der Waals surface area contributed by atoms with E-state index in [1.165, 1.54) is 5.56 Å². The Bertz CT molecular complexity index is 636. The fraction of sp³-hybridized carbons (Fsp3) is 0.714. The summed E-state index contributed by atoms with van der Waals surface area (Å²) in [4.78, 5) is 0. The number of ether oxygens (including phenoxy) is 1. The Hall–Kier alpha value is -1.22. The maximum absolute atomic E-state index is 11.9. The van der Waals surface area contributed by atoms with E-state index in [2.05, 4.69) is 27.4 Å². The van der Waals surface area contributed by atoms with E-state index in [1.54, 1.807) is 12.5 Å². The molecule has 3 heteroatoms. The second-order valence-corrected chi connectivity index (χ2v) is 8.94. The van der Waals surface area contributed by atoms with Gasteiger partial charge in [0.1, 0.15) is 6.10 Å². The first-order valence-electron chi connectivity index (χ1n) is 9.41. The van der Waals surface area contributed by atoms with Crippen molar-refractivity contribution in [3.8, 4) is 0 Å². The Balaban J connectivity index is 1.70. The van der Waals surface area contributed by atoms with Gasteiger partial charge in [-0.2, -0.15) is 0 Å². The SMILES string of the molecule is C=C1OC2C[C@@H](C)[C@](O)(CCc3ccoc3)[C@]3(C)CCC[C@@]1(C)C23. The van der Waals surface area contributed by atoms with Gasteiger partial charge in [0.2, 0.25) is 0 Å². The van der Waals surface area contributed by atoms with Crippen molar-refractivity contribution in [2.24, 2.45) is 22.7 Å². The molecule has 1 N–H and O–H groups in total. The lowest BCUT2D eigenvalue weighted by molar-refractivity contribution is -0.217. The summed E-state index contributed by atoms with van der Waals surface area (Å²) in [7, 11) is 0. The summed E-state index contributed by atoms with van der Waals surface area (Å²) < 4.78 is 11.4. The molecular weight excluding hydrogens is 300 g/mol. The molecule has 3 aliphatic rings. The molecule has 3 fully saturated rings. The van der Waals surface area contributed by atoms with Crippen LogP contribution in [0.25, 0.3) is 0 Å². The molecule has 0 spiro atoms. The zero-order valence-electron chi connectivity index (χ0n) is 15.2. The van der Waals surface area contributed by atoms with Crippen molar-refractivity contribution in [1.82, 2.24) is 0 Å². The average molecular weight is 330 g/mol. The van der Waals surface area contributed by atoms with Crippen LogP contribution < -0.4 is 0 Å². The molecule has 1 aromatic rings. The predicted molar refractivity (Wildman–Crippen MR) is 93.3 cm³/mol. The second-order valence-electron chi connectivity index (χ2n) is 8.94. The van der Waals surface area contributed by atoms with E-state index in [-0.39, 0.29) is 22.9 Å². The van der Waals surface area contributed by atoms with E-state index in [0.717, 1.165) is 44.3 Å². The lowest BCUT2D eigenvalue weighted by Gasteiger charge is -2.61. The van der Waals surface area contributed by atoms with E-state index in [9.17, 15) is 5.11 Å². The molecule has 3 nitrogen and oxygen atoms in total. The average Bonchev–Trinajstić information content (AvgIpc) is 3.12. The highest BCUT2D eigenvalue weighted by Gasteiger charge is 2.69. The van der Waals surface area contributed by atoms with Crippen molar-refractivity contribution in [2.45, 2.75) is 71.0 Å². The first kappa shape index (κ1) is 16.3. The van der Waals surface area contributed by atoms with E-state index < -0.39 is 5.60 Å². The van der Waals surface area contributed by atoms with E-state index in [0.29, 0.717) is 5.92 Å². The van der Waals surface area contributed by atoms with Crippen LogP contribution >= 0.6 is 0 Å². The third-order valence-corrected chi connectivity index (χ3v) is 7.83. The Morgan fingerprint density at radius 2 is 2.12 bits per heavy atom. The zero-order valence-corrected chi connectivity index (χ0v) is 15.2. The first-order chi connectivity index (χ1) is 11.3. The van der Waals surface area contributed by atoms with Gasteiger partial charge in [0, 0.05) is 16.7 Å². The minimum atomic E-state index is -0.666. The van der Waals surface area contributed by atoms with Gasteiger partial charge in [0.05, 0.1) is 23.9 Å². The molecule has 2 heterocycles. The second kappa shape index (κ2) is 5.14. The number of hydrogen-bond acceptors (Lipinski definition) is 3. The van der Waals surface area contributed by atoms with Crippen LogP contribution in [0.4, 0.5) is 0 Å². The van der Waals surface area contributed by atoms with Gasteiger partial charge in [-0.1, -0.05) is 33.8 Å². The summed E-state index contributed by atoms with van der Waals surface area (Å²) in [6.07, 6.45) is 9.66. The predicted octanol–water partition coefficient (Wildman–Crippen LogP) is 4.71. The summed E-state index contributed by atoms with van der Waals surface area (Å²) in [5.41, 5.74) is 0.403. The van der Waals surface area contributed by atoms with Gasteiger partial charge in [-0.15, -0.1) is 0 Å². The number of rotatable bonds is 3. The van der Waals surface area contributed by atoms with Crippen LogP contribution in [-0.4, -0.2) is 16.8 Å². The van der Waals surface area contributed by atoms with Crippen LogP contribution in [-0.2, 0) is 11.2 Å². The Labute approximate surface area is 145 Å². The largest absolute Gasteiger partial charge is 0.494 e. The van der Waals surface area contributed by atoms with Gasteiger partial charge in [-0.25, -0.2) is 0 Å². The lowest BCUT2D eigenvalue weighted by atomic mass is 9.43. The third kappa shape index (κ3) is 1.94. The molecule has 4 rings (SSSR count). The monoisotopic (exact) mass is 330 g/mol. The van der Waals surface area contributed by atoms with E-state index in [1.807, 2.05) is 6.07 Å². The van der Waals surface area contributed by atoms with Gasteiger partial charge in [-0.05, 0) is 49.7 Å². The van der Waals surface area contributed by atoms with E-state index in [4.69, 9.17) is 9.15 Å². The molecule has 0 aromatic carbocycles. The highest BCUT2D eigenvalue weighted by Crippen LogP contribution is 2.69. The van der Waals surface area contributed by atoms with Gasteiger partial charge in [0.25, 0.3) is 0 Å². The summed E-state index contributed by atoms with van der Waals surface area (Å²) >= 11 is 0. The van der Waals surface area contributed by atoms with Gasteiger partial charge in [-0.3, -0.25) is 0 Å². The maximum atomic E-state index is 11.9. The van der Waals surface area contributed by atoms with Crippen molar-refractivity contribution in [3.05, 3.63) is 36.5 Å².